The SMILES string of the molecule is C[C@H]1CCC[C@H](N2CCN(Cc3ccc(Br)cc3)CC2)C1. The molecule has 3 rings (SSSR count). The summed E-state index contributed by atoms with van der Waals surface area (Å²) >= 11 is 3.51. The minimum atomic E-state index is 0.864. The Balaban J connectivity index is 1.47. The highest BCUT2D eigenvalue weighted by Crippen LogP contribution is 2.28. The van der Waals surface area contributed by atoms with Gasteiger partial charge in [-0.25, -0.2) is 0 Å². The predicted octanol–water partition coefficient (Wildman–Crippen LogP) is 4.15. The monoisotopic (exact) mass is 350 g/mol. The van der Waals surface area contributed by atoms with Crippen molar-refractivity contribution >= 4 is 15.9 Å². The lowest BCUT2D eigenvalue weighted by Crippen LogP contribution is -2.50. The van der Waals surface area contributed by atoms with Gasteiger partial charge < -0.3 is 0 Å². The summed E-state index contributed by atoms with van der Waals surface area (Å²) in [5.41, 5.74) is 1.43. The van der Waals surface area contributed by atoms with Crippen LogP contribution in [0, 0.1) is 5.92 Å². The van der Waals surface area contributed by atoms with Crippen molar-refractivity contribution in [3.05, 3.63) is 34.3 Å². The van der Waals surface area contributed by atoms with Crippen LogP contribution in [0.3, 0.4) is 0 Å². The molecule has 2 nitrogen and oxygen atoms in total. The summed E-state index contributed by atoms with van der Waals surface area (Å²) in [6.07, 6.45) is 5.73. The molecule has 1 saturated carbocycles. The third-order valence-corrected chi connectivity index (χ3v) is 5.68. The van der Waals surface area contributed by atoms with Gasteiger partial charge in [0, 0.05) is 43.2 Å². The molecule has 2 aliphatic rings. The molecule has 1 aliphatic carbocycles. The molecule has 0 unspecified atom stereocenters. The lowest BCUT2D eigenvalue weighted by Gasteiger charge is -2.42. The number of nitrogens with zero attached hydrogens (tertiary/aromatic N) is 2. The zero-order valence-electron chi connectivity index (χ0n) is 13.1. The second kappa shape index (κ2) is 7.26. The van der Waals surface area contributed by atoms with Crippen LogP contribution in [0.1, 0.15) is 38.2 Å². The second-order valence-corrected chi connectivity index (χ2v) is 7.78. The Morgan fingerprint density at radius 3 is 2.43 bits per heavy atom. The summed E-state index contributed by atoms with van der Waals surface area (Å²) < 4.78 is 1.17. The fourth-order valence-corrected chi connectivity index (χ4v) is 4.13. The van der Waals surface area contributed by atoms with E-state index in [4.69, 9.17) is 0 Å². The molecule has 3 heteroatoms. The Morgan fingerprint density at radius 1 is 1.05 bits per heavy atom. The van der Waals surface area contributed by atoms with E-state index >= 15 is 0 Å². The van der Waals surface area contributed by atoms with Gasteiger partial charge in [-0.1, -0.05) is 47.8 Å². The van der Waals surface area contributed by atoms with E-state index in [1.165, 1.54) is 61.9 Å². The normalized spacial score (nSPS) is 28.7. The summed E-state index contributed by atoms with van der Waals surface area (Å²) in [6, 6.07) is 9.63. The number of hydrogen-bond donors (Lipinski definition) is 0. The molecular formula is C18H27BrN2. The Hall–Kier alpha value is -0.380. The third-order valence-electron chi connectivity index (χ3n) is 5.15. The summed E-state index contributed by atoms with van der Waals surface area (Å²) in [4.78, 5) is 5.36. The fraction of sp³-hybridized carbons (Fsp3) is 0.667. The minimum absolute atomic E-state index is 0.864. The van der Waals surface area contributed by atoms with Crippen molar-refractivity contribution in [1.29, 1.82) is 0 Å². The van der Waals surface area contributed by atoms with Crippen LogP contribution in [-0.4, -0.2) is 42.0 Å². The lowest BCUT2D eigenvalue weighted by molar-refractivity contribution is 0.0659. The van der Waals surface area contributed by atoms with Gasteiger partial charge in [0.2, 0.25) is 0 Å². The summed E-state index contributed by atoms with van der Waals surface area (Å²) in [5, 5.41) is 0. The molecule has 2 atom stereocenters. The zero-order chi connectivity index (χ0) is 14.7. The van der Waals surface area contributed by atoms with Gasteiger partial charge in [-0.2, -0.15) is 0 Å². The topological polar surface area (TPSA) is 6.48 Å². The summed E-state index contributed by atoms with van der Waals surface area (Å²) in [6.45, 7) is 8.49. The highest BCUT2D eigenvalue weighted by Gasteiger charge is 2.27. The van der Waals surface area contributed by atoms with Crippen molar-refractivity contribution in [3.8, 4) is 0 Å². The highest BCUT2D eigenvalue weighted by atomic mass is 79.9. The molecule has 1 saturated heterocycles. The molecule has 0 N–H and O–H groups in total. The van der Waals surface area contributed by atoms with Crippen molar-refractivity contribution in [3.63, 3.8) is 0 Å². The molecule has 116 valence electrons. The molecule has 21 heavy (non-hydrogen) atoms. The van der Waals surface area contributed by atoms with Gasteiger partial charge in [0.1, 0.15) is 0 Å². The van der Waals surface area contributed by atoms with E-state index in [-0.39, 0.29) is 0 Å². The Bertz CT molecular complexity index is 437. The second-order valence-electron chi connectivity index (χ2n) is 6.86. The average Bonchev–Trinajstić information content (AvgIpc) is 2.50. The van der Waals surface area contributed by atoms with Crippen molar-refractivity contribution in [2.24, 2.45) is 5.92 Å². The first kappa shape index (κ1) is 15.5. The molecule has 0 spiro atoms. The molecular weight excluding hydrogens is 324 g/mol. The van der Waals surface area contributed by atoms with Crippen molar-refractivity contribution < 1.29 is 0 Å². The maximum atomic E-state index is 3.51. The summed E-state index contributed by atoms with van der Waals surface area (Å²) in [5.74, 6) is 0.935. The zero-order valence-corrected chi connectivity index (χ0v) is 14.7. The van der Waals surface area contributed by atoms with E-state index < -0.39 is 0 Å². The molecule has 1 aromatic rings. The molecule has 0 amide bonds. The van der Waals surface area contributed by atoms with Crippen LogP contribution in [0.5, 0.6) is 0 Å². The average molecular weight is 351 g/mol. The third kappa shape index (κ3) is 4.30. The summed E-state index contributed by atoms with van der Waals surface area (Å²) in [7, 11) is 0. The van der Waals surface area contributed by atoms with Gasteiger partial charge in [0.15, 0.2) is 0 Å². The van der Waals surface area contributed by atoms with Crippen LogP contribution in [0.25, 0.3) is 0 Å². The van der Waals surface area contributed by atoms with Crippen molar-refractivity contribution in [2.45, 2.75) is 45.2 Å². The number of halogens is 1. The van der Waals surface area contributed by atoms with Crippen LogP contribution < -0.4 is 0 Å². The first-order valence-corrected chi connectivity index (χ1v) is 9.21. The van der Waals surface area contributed by atoms with Gasteiger partial charge >= 0.3 is 0 Å². The number of benzene rings is 1. The molecule has 2 fully saturated rings. The maximum Gasteiger partial charge on any atom is 0.0234 e. The Morgan fingerprint density at radius 2 is 1.76 bits per heavy atom. The van der Waals surface area contributed by atoms with Crippen molar-refractivity contribution in [1.82, 2.24) is 9.80 Å². The van der Waals surface area contributed by atoms with Gasteiger partial charge in [0.05, 0.1) is 0 Å². The molecule has 1 aliphatic heterocycles. The van der Waals surface area contributed by atoms with E-state index in [9.17, 15) is 0 Å². The first-order chi connectivity index (χ1) is 10.2. The Kier molecular flexibility index (Phi) is 5.36. The lowest BCUT2D eigenvalue weighted by atomic mass is 9.86. The van der Waals surface area contributed by atoms with E-state index in [2.05, 4.69) is 56.9 Å². The first-order valence-electron chi connectivity index (χ1n) is 8.41. The fourth-order valence-electron chi connectivity index (χ4n) is 3.87. The van der Waals surface area contributed by atoms with Crippen molar-refractivity contribution in [2.75, 3.05) is 26.2 Å². The molecule has 1 heterocycles. The quantitative estimate of drug-likeness (QED) is 0.807. The predicted molar refractivity (Wildman–Crippen MR) is 92.4 cm³/mol. The minimum Gasteiger partial charge on any atom is -0.298 e. The largest absolute Gasteiger partial charge is 0.298 e. The molecule has 0 bridgehead atoms. The van der Waals surface area contributed by atoms with E-state index in [1.807, 2.05) is 0 Å². The van der Waals surface area contributed by atoms with Gasteiger partial charge in [-0.15, -0.1) is 0 Å². The van der Waals surface area contributed by atoms with Gasteiger partial charge in [-0.3, -0.25) is 9.80 Å². The Labute approximate surface area is 137 Å². The van der Waals surface area contributed by atoms with Crippen LogP contribution in [0.2, 0.25) is 0 Å². The van der Waals surface area contributed by atoms with E-state index in [1.54, 1.807) is 0 Å². The van der Waals surface area contributed by atoms with E-state index in [0.717, 1.165) is 18.5 Å². The smallest absolute Gasteiger partial charge is 0.0234 e. The number of hydrogen-bond acceptors (Lipinski definition) is 2. The number of rotatable bonds is 3. The van der Waals surface area contributed by atoms with Gasteiger partial charge in [-0.05, 0) is 36.5 Å². The van der Waals surface area contributed by atoms with Crippen LogP contribution in [0.4, 0.5) is 0 Å². The van der Waals surface area contributed by atoms with E-state index in [0.29, 0.717) is 0 Å². The molecule has 0 aromatic heterocycles. The van der Waals surface area contributed by atoms with Gasteiger partial charge in [0.25, 0.3) is 0 Å². The van der Waals surface area contributed by atoms with Crippen LogP contribution in [-0.2, 0) is 6.54 Å². The number of piperazine rings is 1. The molecule has 0 radical (unpaired) electrons. The van der Waals surface area contributed by atoms with Crippen LogP contribution >= 0.6 is 15.9 Å². The molecule has 1 aromatic carbocycles. The van der Waals surface area contributed by atoms with Crippen LogP contribution in [0.15, 0.2) is 28.7 Å². The highest BCUT2D eigenvalue weighted by molar-refractivity contribution is 9.10. The maximum absolute atomic E-state index is 3.51. The standard InChI is InChI=1S/C18H27BrN2/c1-15-3-2-4-18(13-15)21-11-9-20(10-12-21)14-16-5-7-17(19)8-6-16/h5-8,15,18H,2-4,9-14H2,1H3/t15-,18-/m0/s1.